The summed E-state index contributed by atoms with van der Waals surface area (Å²) in [6.45, 7) is 1.76. The van der Waals surface area contributed by atoms with E-state index in [1.54, 1.807) is 49.6 Å². The van der Waals surface area contributed by atoms with E-state index in [2.05, 4.69) is 4.98 Å². The number of aliphatic hydroxyl groups excluding tert-OH is 1. The number of amides is 1. The van der Waals surface area contributed by atoms with Crippen molar-refractivity contribution in [3.05, 3.63) is 107 Å². The molecular weight excluding hydrogens is 383 g/mol. The van der Waals surface area contributed by atoms with E-state index in [0.29, 0.717) is 11.1 Å². The van der Waals surface area contributed by atoms with Gasteiger partial charge in [-0.15, -0.1) is 0 Å². The molecule has 1 N–H and O–H groups in total. The summed E-state index contributed by atoms with van der Waals surface area (Å²) in [5.41, 5.74) is 1.94. The number of aryl methyl sites for hydroxylation is 1. The largest absolute Gasteiger partial charge is 0.507 e. The van der Waals surface area contributed by atoms with Gasteiger partial charge in [-0.3, -0.25) is 14.6 Å². The predicted molar refractivity (Wildman–Crippen MR) is 110 cm³/mol. The van der Waals surface area contributed by atoms with Gasteiger partial charge in [0.15, 0.2) is 0 Å². The SMILES string of the molecule is Cc1ccc(/C(O)=C2\C(=O)C(=O)N(Cc3cccnc3)C2c2ccccc2)cc1F. The zero-order valence-electron chi connectivity index (χ0n) is 16.2. The standard InChI is InChI=1S/C24H19FN2O3/c1-15-9-10-18(12-19(15)25)22(28)20-21(17-7-3-2-4-8-17)27(24(30)23(20)29)14-16-6-5-11-26-13-16/h2-13,21,28H,14H2,1H3/b22-20+. The second-order valence-electron chi connectivity index (χ2n) is 7.16. The molecule has 0 radical (unpaired) electrons. The third-order valence-corrected chi connectivity index (χ3v) is 5.18. The molecular formula is C24H19FN2O3. The summed E-state index contributed by atoms with van der Waals surface area (Å²) < 4.78 is 14.1. The normalized spacial score (nSPS) is 18.1. The third kappa shape index (κ3) is 3.48. The fraction of sp³-hybridized carbons (Fsp3) is 0.125. The molecule has 6 heteroatoms. The highest BCUT2D eigenvalue weighted by molar-refractivity contribution is 6.46. The number of hydrogen-bond acceptors (Lipinski definition) is 4. The fourth-order valence-electron chi connectivity index (χ4n) is 3.61. The molecule has 1 fully saturated rings. The number of benzene rings is 2. The fourth-order valence-corrected chi connectivity index (χ4v) is 3.61. The number of carbonyl (C=O) groups excluding carboxylic acids is 2. The zero-order valence-corrected chi connectivity index (χ0v) is 16.2. The van der Waals surface area contributed by atoms with Crippen LogP contribution in [-0.2, 0) is 16.1 Å². The second kappa shape index (κ2) is 7.91. The summed E-state index contributed by atoms with van der Waals surface area (Å²) in [4.78, 5) is 31.3. The van der Waals surface area contributed by atoms with Gasteiger partial charge in [-0.1, -0.05) is 48.5 Å². The third-order valence-electron chi connectivity index (χ3n) is 5.18. The minimum absolute atomic E-state index is 0.0571. The summed E-state index contributed by atoms with van der Waals surface area (Å²) in [6.07, 6.45) is 3.24. The molecule has 2 heterocycles. The number of halogens is 1. The zero-order chi connectivity index (χ0) is 21.3. The number of Topliss-reactive ketones (excluding diaryl/α,β-unsaturated/α-hetero) is 1. The number of aromatic nitrogens is 1. The summed E-state index contributed by atoms with van der Waals surface area (Å²) in [7, 11) is 0. The molecule has 0 bridgehead atoms. The molecule has 1 aliphatic heterocycles. The maximum Gasteiger partial charge on any atom is 0.295 e. The molecule has 3 aromatic rings. The van der Waals surface area contributed by atoms with Gasteiger partial charge in [-0.05, 0) is 35.7 Å². The number of nitrogens with zero attached hydrogens (tertiary/aromatic N) is 2. The van der Waals surface area contributed by atoms with Crippen molar-refractivity contribution in [1.82, 2.24) is 9.88 Å². The molecule has 150 valence electrons. The van der Waals surface area contributed by atoms with Crippen LogP contribution in [-0.4, -0.2) is 26.7 Å². The van der Waals surface area contributed by atoms with Crippen LogP contribution in [0.5, 0.6) is 0 Å². The van der Waals surface area contributed by atoms with Gasteiger partial charge in [-0.2, -0.15) is 0 Å². The van der Waals surface area contributed by atoms with Crippen molar-refractivity contribution in [1.29, 1.82) is 0 Å². The minimum Gasteiger partial charge on any atom is -0.507 e. The first kappa shape index (κ1) is 19.5. The monoisotopic (exact) mass is 402 g/mol. The van der Waals surface area contributed by atoms with Crippen LogP contribution >= 0.6 is 0 Å². The number of aliphatic hydroxyl groups is 1. The Morgan fingerprint density at radius 1 is 1.10 bits per heavy atom. The average molecular weight is 402 g/mol. The van der Waals surface area contributed by atoms with Crippen LogP contribution in [0.3, 0.4) is 0 Å². The lowest BCUT2D eigenvalue weighted by Gasteiger charge is -2.25. The Hall–Kier alpha value is -3.80. The maximum atomic E-state index is 14.1. The van der Waals surface area contributed by atoms with Crippen LogP contribution in [0.4, 0.5) is 4.39 Å². The topological polar surface area (TPSA) is 70.5 Å². The molecule has 0 spiro atoms. The van der Waals surface area contributed by atoms with E-state index >= 15 is 0 Å². The molecule has 1 saturated heterocycles. The average Bonchev–Trinajstić information content (AvgIpc) is 3.01. The van der Waals surface area contributed by atoms with Gasteiger partial charge in [0.1, 0.15) is 11.6 Å². The molecule has 2 aromatic carbocycles. The lowest BCUT2D eigenvalue weighted by Crippen LogP contribution is -2.29. The van der Waals surface area contributed by atoms with Crippen LogP contribution in [0.15, 0.2) is 78.6 Å². The molecule has 1 aliphatic rings. The van der Waals surface area contributed by atoms with E-state index in [4.69, 9.17) is 0 Å². The molecule has 4 rings (SSSR count). The summed E-state index contributed by atoms with van der Waals surface area (Å²) in [5.74, 6) is -2.41. The number of carbonyl (C=O) groups is 2. The van der Waals surface area contributed by atoms with Gasteiger partial charge in [0.05, 0.1) is 11.6 Å². The van der Waals surface area contributed by atoms with E-state index < -0.39 is 29.3 Å². The van der Waals surface area contributed by atoms with E-state index in [9.17, 15) is 19.1 Å². The molecule has 1 aromatic heterocycles. The Morgan fingerprint density at radius 3 is 2.53 bits per heavy atom. The minimum atomic E-state index is -0.800. The number of likely N-dealkylation sites (tertiary alicyclic amines) is 1. The molecule has 0 aliphatic carbocycles. The van der Waals surface area contributed by atoms with Gasteiger partial charge in [0.25, 0.3) is 11.7 Å². The van der Waals surface area contributed by atoms with Crippen molar-refractivity contribution < 1.29 is 19.1 Å². The first-order chi connectivity index (χ1) is 14.5. The van der Waals surface area contributed by atoms with Gasteiger partial charge in [0.2, 0.25) is 0 Å². The van der Waals surface area contributed by atoms with Crippen LogP contribution in [0, 0.1) is 12.7 Å². The second-order valence-corrected chi connectivity index (χ2v) is 7.16. The summed E-state index contributed by atoms with van der Waals surface area (Å²) >= 11 is 0. The van der Waals surface area contributed by atoms with E-state index in [1.165, 1.54) is 23.1 Å². The Labute approximate surface area is 173 Å². The summed E-state index contributed by atoms with van der Waals surface area (Å²) in [5, 5.41) is 10.9. The summed E-state index contributed by atoms with van der Waals surface area (Å²) in [6, 6.07) is 16.0. The van der Waals surface area contributed by atoms with Gasteiger partial charge >= 0.3 is 0 Å². The lowest BCUT2D eigenvalue weighted by atomic mass is 9.95. The Bertz CT molecular complexity index is 1140. The molecule has 1 atom stereocenters. The Kier molecular flexibility index (Phi) is 5.14. The molecule has 0 saturated carbocycles. The van der Waals surface area contributed by atoms with Crippen molar-refractivity contribution >= 4 is 17.4 Å². The maximum absolute atomic E-state index is 14.1. The van der Waals surface area contributed by atoms with Crippen molar-refractivity contribution in [2.75, 3.05) is 0 Å². The number of ketones is 1. The highest BCUT2D eigenvalue weighted by Crippen LogP contribution is 2.40. The van der Waals surface area contributed by atoms with E-state index in [-0.39, 0.29) is 17.7 Å². The predicted octanol–water partition coefficient (Wildman–Crippen LogP) is 4.15. The smallest absolute Gasteiger partial charge is 0.295 e. The lowest BCUT2D eigenvalue weighted by molar-refractivity contribution is -0.140. The number of hydrogen-bond donors (Lipinski definition) is 1. The quantitative estimate of drug-likeness (QED) is 0.404. The van der Waals surface area contributed by atoms with E-state index in [1.807, 2.05) is 12.1 Å². The van der Waals surface area contributed by atoms with Crippen molar-refractivity contribution in [3.63, 3.8) is 0 Å². The molecule has 30 heavy (non-hydrogen) atoms. The van der Waals surface area contributed by atoms with Crippen LogP contribution < -0.4 is 0 Å². The highest BCUT2D eigenvalue weighted by Gasteiger charge is 2.46. The van der Waals surface area contributed by atoms with Crippen molar-refractivity contribution in [2.24, 2.45) is 0 Å². The van der Waals surface area contributed by atoms with Gasteiger partial charge in [-0.25, -0.2) is 4.39 Å². The van der Waals surface area contributed by atoms with E-state index in [0.717, 1.165) is 5.56 Å². The first-order valence-electron chi connectivity index (χ1n) is 9.46. The Morgan fingerprint density at radius 2 is 1.87 bits per heavy atom. The van der Waals surface area contributed by atoms with Crippen molar-refractivity contribution in [3.8, 4) is 0 Å². The molecule has 1 unspecified atom stereocenters. The number of pyridine rings is 1. The molecule has 1 amide bonds. The Balaban J connectivity index is 1.86. The first-order valence-corrected chi connectivity index (χ1v) is 9.46. The molecule has 5 nitrogen and oxygen atoms in total. The van der Waals surface area contributed by atoms with Crippen molar-refractivity contribution in [2.45, 2.75) is 19.5 Å². The van der Waals surface area contributed by atoms with Gasteiger partial charge in [0, 0.05) is 24.5 Å². The van der Waals surface area contributed by atoms with Gasteiger partial charge < -0.3 is 10.0 Å². The van der Waals surface area contributed by atoms with Crippen LogP contribution in [0.2, 0.25) is 0 Å². The highest BCUT2D eigenvalue weighted by atomic mass is 19.1. The van der Waals surface area contributed by atoms with Crippen LogP contribution in [0.1, 0.15) is 28.3 Å². The number of rotatable bonds is 4. The van der Waals surface area contributed by atoms with Crippen LogP contribution in [0.25, 0.3) is 5.76 Å².